The van der Waals surface area contributed by atoms with Crippen molar-refractivity contribution in [2.24, 2.45) is 0 Å². The van der Waals surface area contributed by atoms with Crippen LogP contribution >= 0.6 is 12.4 Å². The smallest absolute Gasteiger partial charge is 0.0212 e. The van der Waals surface area contributed by atoms with Crippen molar-refractivity contribution in [1.29, 1.82) is 0 Å². The van der Waals surface area contributed by atoms with Gasteiger partial charge in [0.2, 0.25) is 0 Å². The first-order chi connectivity index (χ1) is 4.86. The predicted molar refractivity (Wildman–Crippen MR) is 49.0 cm³/mol. The molecule has 0 atom stereocenters. The summed E-state index contributed by atoms with van der Waals surface area (Å²) in [5.41, 5.74) is 4.30. The van der Waals surface area contributed by atoms with E-state index in [4.69, 9.17) is 0 Å². The number of rotatable bonds is 0. The number of aryl methyl sites for hydroxylation is 1. The van der Waals surface area contributed by atoms with Gasteiger partial charge in [0.25, 0.3) is 0 Å². The van der Waals surface area contributed by atoms with Crippen molar-refractivity contribution in [1.82, 2.24) is 5.32 Å². The topological polar surface area (TPSA) is 12.0 Å². The molecule has 2 heteroatoms. The van der Waals surface area contributed by atoms with Gasteiger partial charge in [0, 0.05) is 13.1 Å². The predicted octanol–water partition coefficient (Wildman–Crippen LogP) is 2.02. The van der Waals surface area contributed by atoms with Gasteiger partial charge in [-0.3, -0.25) is 0 Å². The number of halogens is 1. The summed E-state index contributed by atoms with van der Waals surface area (Å²) in [6.07, 6.45) is 0. The van der Waals surface area contributed by atoms with Gasteiger partial charge in [-0.1, -0.05) is 23.8 Å². The van der Waals surface area contributed by atoms with E-state index in [-0.39, 0.29) is 12.4 Å². The first kappa shape index (κ1) is 8.57. The molecule has 0 amide bonds. The number of fused-ring (bicyclic) bond motifs is 1. The lowest BCUT2D eigenvalue weighted by molar-refractivity contribution is 0.765. The number of hydrogen-bond donors (Lipinski definition) is 1. The molecule has 1 aliphatic heterocycles. The summed E-state index contributed by atoms with van der Waals surface area (Å²) in [6, 6.07) is 6.64. The first-order valence-electron chi connectivity index (χ1n) is 3.65. The Bertz CT molecular complexity index is 258. The standard InChI is InChI=1S/C9H11N.ClH/c1-7-2-3-8-5-10-6-9(8)4-7;/h2-4,10H,5-6H2,1H3;1H. The van der Waals surface area contributed by atoms with E-state index in [9.17, 15) is 0 Å². The molecule has 0 aliphatic carbocycles. The number of benzene rings is 1. The van der Waals surface area contributed by atoms with E-state index in [1.807, 2.05) is 0 Å². The average Bonchev–Trinajstić information content (AvgIpc) is 2.33. The van der Waals surface area contributed by atoms with Gasteiger partial charge in [0.1, 0.15) is 0 Å². The molecule has 0 aromatic heterocycles. The van der Waals surface area contributed by atoms with E-state index < -0.39 is 0 Å². The number of hydrogen-bond acceptors (Lipinski definition) is 1. The highest BCUT2D eigenvalue weighted by molar-refractivity contribution is 5.85. The average molecular weight is 170 g/mol. The normalized spacial score (nSPS) is 13.9. The summed E-state index contributed by atoms with van der Waals surface area (Å²) in [5, 5.41) is 3.31. The Kier molecular flexibility index (Phi) is 2.53. The molecule has 0 fully saturated rings. The van der Waals surface area contributed by atoms with Gasteiger partial charge in [0.15, 0.2) is 0 Å². The molecule has 0 bridgehead atoms. The minimum Gasteiger partial charge on any atom is -0.309 e. The van der Waals surface area contributed by atoms with Crippen LogP contribution in [-0.2, 0) is 13.1 Å². The fourth-order valence-electron chi connectivity index (χ4n) is 1.42. The van der Waals surface area contributed by atoms with Gasteiger partial charge in [0.05, 0.1) is 0 Å². The van der Waals surface area contributed by atoms with Crippen LogP contribution in [0, 0.1) is 6.92 Å². The third-order valence-corrected chi connectivity index (χ3v) is 1.99. The fourth-order valence-corrected chi connectivity index (χ4v) is 1.42. The lowest BCUT2D eigenvalue weighted by atomic mass is 10.1. The van der Waals surface area contributed by atoms with Gasteiger partial charge in [-0.05, 0) is 18.1 Å². The van der Waals surface area contributed by atoms with Crippen LogP contribution in [0.5, 0.6) is 0 Å². The minimum absolute atomic E-state index is 0. The first-order valence-corrected chi connectivity index (χ1v) is 3.65. The van der Waals surface area contributed by atoms with Gasteiger partial charge >= 0.3 is 0 Å². The molecule has 1 aliphatic rings. The van der Waals surface area contributed by atoms with Gasteiger partial charge in [-0.15, -0.1) is 12.4 Å². The maximum atomic E-state index is 3.31. The highest BCUT2D eigenvalue weighted by Gasteiger charge is 2.07. The Morgan fingerprint density at radius 3 is 2.73 bits per heavy atom. The Balaban J connectivity index is 0.000000605. The third kappa shape index (κ3) is 1.55. The van der Waals surface area contributed by atoms with Crippen LogP contribution in [0.25, 0.3) is 0 Å². The van der Waals surface area contributed by atoms with Crippen LogP contribution in [0.2, 0.25) is 0 Å². The van der Waals surface area contributed by atoms with Crippen LogP contribution in [0.3, 0.4) is 0 Å². The van der Waals surface area contributed by atoms with E-state index in [1.165, 1.54) is 16.7 Å². The maximum absolute atomic E-state index is 3.31. The summed E-state index contributed by atoms with van der Waals surface area (Å²) in [7, 11) is 0. The van der Waals surface area contributed by atoms with E-state index >= 15 is 0 Å². The molecule has 0 radical (unpaired) electrons. The van der Waals surface area contributed by atoms with E-state index in [0.717, 1.165) is 13.1 Å². The zero-order chi connectivity index (χ0) is 6.97. The molecule has 0 unspecified atom stereocenters. The van der Waals surface area contributed by atoms with Crippen LogP contribution in [0.15, 0.2) is 18.2 Å². The third-order valence-electron chi connectivity index (χ3n) is 1.99. The Morgan fingerprint density at radius 1 is 1.18 bits per heavy atom. The Morgan fingerprint density at radius 2 is 1.91 bits per heavy atom. The molecular formula is C9H12ClN. The van der Waals surface area contributed by atoms with Crippen LogP contribution in [0.1, 0.15) is 16.7 Å². The Labute approximate surface area is 73.2 Å². The highest BCUT2D eigenvalue weighted by atomic mass is 35.5. The van der Waals surface area contributed by atoms with Crippen LogP contribution < -0.4 is 5.32 Å². The molecule has 1 aromatic rings. The summed E-state index contributed by atoms with van der Waals surface area (Å²) >= 11 is 0. The summed E-state index contributed by atoms with van der Waals surface area (Å²) in [6.45, 7) is 4.24. The molecule has 2 rings (SSSR count). The molecule has 0 saturated carbocycles. The molecule has 0 saturated heterocycles. The van der Waals surface area contributed by atoms with Crippen molar-refractivity contribution in [2.45, 2.75) is 20.0 Å². The second-order valence-corrected chi connectivity index (χ2v) is 2.88. The zero-order valence-corrected chi connectivity index (χ0v) is 7.37. The van der Waals surface area contributed by atoms with E-state index in [0.29, 0.717) is 0 Å². The molecule has 1 nitrogen and oxygen atoms in total. The van der Waals surface area contributed by atoms with Crippen LogP contribution in [-0.4, -0.2) is 0 Å². The second kappa shape index (κ2) is 3.24. The highest BCUT2D eigenvalue weighted by Crippen LogP contribution is 2.15. The largest absolute Gasteiger partial charge is 0.309 e. The van der Waals surface area contributed by atoms with Gasteiger partial charge in [-0.25, -0.2) is 0 Å². The second-order valence-electron chi connectivity index (χ2n) is 2.88. The van der Waals surface area contributed by atoms with Crippen molar-refractivity contribution in [2.75, 3.05) is 0 Å². The lowest BCUT2D eigenvalue weighted by Gasteiger charge is -1.97. The zero-order valence-electron chi connectivity index (χ0n) is 6.55. The van der Waals surface area contributed by atoms with Gasteiger partial charge in [-0.2, -0.15) is 0 Å². The molecule has 1 aromatic carbocycles. The minimum atomic E-state index is 0. The molecule has 1 heterocycles. The Hall–Kier alpha value is -0.530. The molecule has 1 N–H and O–H groups in total. The summed E-state index contributed by atoms with van der Waals surface area (Å²) in [5.74, 6) is 0. The molecular weight excluding hydrogens is 158 g/mol. The van der Waals surface area contributed by atoms with E-state index in [2.05, 4.69) is 30.4 Å². The van der Waals surface area contributed by atoms with Crippen molar-refractivity contribution in [3.63, 3.8) is 0 Å². The van der Waals surface area contributed by atoms with Crippen molar-refractivity contribution in [3.05, 3.63) is 34.9 Å². The number of nitrogens with one attached hydrogen (secondary N) is 1. The molecule has 0 spiro atoms. The summed E-state index contributed by atoms with van der Waals surface area (Å²) < 4.78 is 0. The molecule has 60 valence electrons. The van der Waals surface area contributed by atoms with Crippen LogP contribution in [0.4, 0.5) is 0 Å². The van der Waals surface area contributed by atoms with Crippen molar-refractivity contribution < 1.29 is 0 Å². The fraction of sp³-hybridized carbons (Fsp3) is 0.333. The van der Waals surface area contributed by atoms with E-state index in [1.54, 1.807) is 0 Å². The summed E-state index contributed by atoms with van der Waals surface area (Å²) in [4.78, 5) is 0. The van der Waals surface area contributed by atoms with Gasteiger partial charge < -0.3 is 5.32 Å². The SMILES string of the molecule is Cc1ccc2c(c1)CNC2.Cl. The lowest BCUT2D eigenvalue weighted by Crippen LogP contribution is -1.99. The molecule has 11 heavy (non-hydrogen) atoms. The maximum Gasteiger partial charge on any atom is 0.0212 e. The quantitative estimate of drug-likeness (QED) is 0.627. The van der Waals surface area contributed by atoms with Crippen molar-refractivity contribution >= 4 is 12.4 Å². The van der Waals surface area contributed by atoms with Crippen molar-refractivity contribution in [3.8, 4) is 0 Å². The monoisotopic (exact) mass is 169 g/mol.